The summed E-state index contributed by atoms with van der Waals surface area (Å²) in [6.45, 7) is 4.61. The third kappa shape index (κ3) is 8.96. The van der Waals surface area contributed by atoms with Gasteiger partial charge in [-0.05, 0) is 29.5 Å². The first-order chi connectivity index (χ1) is 14.8. The molecule has 3 rings (SSSR count). The molecule has 2 aliphatic heterocycles. The molecule has 14 heteroatoms. The highest BCUT2D eigenvalue weighted by Crippen LogP contribution is 2.25. The number of halogens is 6. The van der Waals surface area contributed by atoms with Gasteiger partial charge in [-0.15, -0.1) is 0 Å². The molecular weight excluding hydrogens is 454 g/mol. The Hall–Kier alpha value is -2.45. The van der Waals surface area contributed by atoms with E-state index in [9.17, 15) is 26.3 Å². The molecule has 2 aliphatic rings. The number of carboxylic acid groups (broad SMARTS) is 2. The first kappa shape index (κ1) is 27.6. The summed E-state index contributed by atoms with van der Waals surface area (Å²) in [4.78, 5) is 24.7. The lowest BCUT2D eigenvalue weighted by Gasteiger charge is -2.33. The Morgan fingerprint density at radius 2 is 1.72 bits per heavy atom. The Labute approximate surface area is 178 Å². The maximum absolute atomic E-state index is 10.6. The lowest BCUT2D eigenvalue weighted by Crippen LogP contribution is -2.40. The highest BCUT2D eigenvalue weighted by atomic mass is 19.4. The van der Waals surface area contributed by atoms with Crippen LogP contribution in [0.25, 0.3) is 0 Å². The van der Waals surface area contributed by atoms with E-state index in [-0.39, 0.29) is 0 Å². The van der Waals surface area contributed by atoms with E-state index < -0.39 is 24.3 Å². The van der Waals surface area contributed by atoms with E-state index in [1.165, 1.54) is 23.1 Å². The van der Waals surface area contributed by atoms with Gasteiger partial charge in [0.2, 0.25) is 0 Å². The van der Waals surface area contributed by atoms with Crippen molar-refractivity contribution in [1.29, 1.82) is 0 Å². The Morgan fingerprint density at radius 1 is 1.16 bits per heavy atom. The van der Waals surface area contributed by atoms with Crippen LogP contribution >= 0.6 is 0 Å². The summed E-state index contributed by atoms with van der Waals surface area (Å²) < 4.78 is 74.2. The van der Waals surface area contributed by atoms with Gasteiger partial charge in [-0.2, -0.15) is 26.3 Å². The molecule has 1 fully saturated rings. The fourth-order valence-electron chi connectivity index (χ4n) is 2.99. The van der Waals surface area contributed by atoms with Crippen molar-refractivity contribution < 1.29 is 55.6 Å². The van der Waals surface area contributed by atoms with Gasteiger partial charge in [-0.3, -0.25) is 9.88 Å². The number of nitrogens with zero attached hydrogens (tertiary/aromatic N) is 2. The second kappa shape index (κ2) is 12.0. The number of carboxylic acids is 2. The molecule has 0 aliphatic carbocycles. The Kier molecular flexibility index (Phi) is 10.3. The zero-order valence-corrected chi connectivity index (χ0v) is 16.9. The average molecular weight is 476 g/mol. The monoisotopic (exact) mass is 476 g/mol. The van der Waals surface area contributed by atoms with Crippen LogP contribution < -0.4 is 0 Å². The molecule has 0 amide bonds. The molecule has 1 unspecified atom stereocenters. The highest BCUT2D eigenvalue weighted by Gasteiger charge is 2.38. The molecule has 8 nitrogen and oxygen atoms in total. The van der Waals surface area contributed by atoms with E-state index >= 15 is 0 Å². The molecule has 182 valence electrons. The molecule has 1 saturated heterocycles. The molecule has 32 heavy (non-hydrogen) atoms. The van der Waals surface area contributed by atoms with E-state index in [4.69, 9.17) is 29.3 Å². The van der Waals surface area contributed by atoms with Crippen LogP contribution in [0.1, 0.15) is 23.1 Å². The van der Waals surface area contributed by atoms with Crippen molar-refractivity contribution >= 4 is 11.9 Å². The molecular formula is C18H22F6N2O6. The van der Waals surface area contributed by atoms with Crippen LogP contribution in [0.2, 0.25) is 0 Å². The number of hydrogen-bond donors (Lipinski definition) is 2. The molecule has 0 spiro atoms. The molecule has 1 aromatic rings. The minimum atomic E-state index is -5.08. The molecule has 0 radical (unpaired) electrons. The molecule has 1 atom stereocenters. The van der Waals surface area contributed by atoms with Crippen LogP contribution in [0.3, 0.4) is 0 Å². The van der Waals surface area contributed by atoms with Crippen LogP contribution in [0, 0.1) is 0 Å². The second-order valence-electron chi connectivity index (χ2n) is 6.71. The zero-order chi connectivity index (χ0) is 24.5. The smallest absolute Gasteiger partial charge is 0.475 e. The SMILES string of the molecule is COCc1cncc2c1CCN(C1CCOC1)C2.O=C(O)C(F)(F)F.O=C(O)C(F)(F)F. The van der Waals surface area contributed by atoms with Gasteiger partial charge in [0.1, 0.15) is 0 Å². The van der Waals surface area contributed by atoms with E-state index in [0.29, 0.717) is 12.6 Å². The van der Waals surface area contributed by atoms with Crippen LogP contribution in [-0.2, 0) is 38.6 Å². The lowest BCUT2D eigenvalue weighted by molar-refractivity contribution is -0.193. The van der Waals surface area contributed by atoms with Crippen molar-refractivity contribution in [2.24, 2.45) is 0 Å². The fraction of sp³-hybridized carbons (Fsp3) is 0.611. The number of carbonyl (C=O) groups is 2. The first-order valence-electron chi connectivity index (χ1n) is 9.13. The maximum atomic E-state index is 10.6. The van der Waals surface area contributed by atoms with Gasteiger partial charge in [0, 0.05) is 45.2 Å². The van der Waals surface area contributed by atoms with Crippen LogP contribution in [0.15, 0.2) is 12.4 Å². The molecule has 0 bridgehead atoms. The number of fused-ring (bicyclic) bond motifs is 1. The number of methoxy groups -OCH3 is 1. The van der Waals surface area contributed by atoms with Crippen molar-refractivity contribution in [2.45, 2.75) is 44.4 Å². The predicted molar refractivity (Wildman–Crippen MR) is 95.7 cm³/mol. The van der Waals surface area contributed by atoms with Gasteiger partial charge >= 0.3 is 24.3 Å². The van der Waals surface area contributed by atoms with Crippen molar-refractivity contribution in [2.75, 3.05) is 26.9 Å². The largest absolute Gasteiger partial charge is 0.490 e. The standard InChI is InChI=1S/C14H20N2O2.2C2HF3O2/c1-17-9-12-7-15-6-11-8-16(4-2-14(11)12)13-3-5-18-10-13;2*3-2(4,5)1(6)7/h6-7,13H,2-5,8-10H2,1H3;2*(H,6,7). The van der Waals surface area contributed by atoms with Crippen LogP contribution in [0.4, 0.5) is 26.3 Å². The highest BCUT2D eigenvalue weighted by molar-refractivity contribution is 5.73. The number of hydrogen-bond acceptors (Lipinski definition) is 6. The van der Waals surface area contributed by atoms with Gasteiger partial charge in [-0.1, -0.05) is 0 Å². The van der Waals surface area contributed by atoms with Crippen LogP contribution in [0.5, 0.6) is 0 Å². The number of ether oxygens (including phenoxy) is 2. The molecule has 3 heterocycles. The summed E-state index contributed by atoms with van der Waals surface area (Å²) in [5.74, 6) is -5.51. The van der Waals surface area contributed by atoms with Gasteiger partial charge in [0.05, 0.1) is 13.2 Å². The number of aliphatic carboxylic acids is 2. The number of rotatable bonds is 3. The molecule has 0 saturated carbocycles. The predicted octanol–water partition coefficient (Wildman–Crippen LogP) is 2.64. The minimum Gasteiger partial charge on any atom is -0.475 e. The third-order valence-electron chi connectivity index (χ3n) is 4.47. The topological polar surface area (TPSA) is 109 Å². The van der Waals surface area contributed by atoms with Crippen LogP contribution in [-0.4, -0.2) is 77.3 Å². The lowest BCUT2D eigenvalue weighted by atomic mass is 9.96. The minimum absolute atomic E-state index is 0.601. The molecule has 0 aromatic carbocycles. The van der Waals surface area contributed by atoms with Crippen molar-refractivity contribution in [3.8, 4) is 0 Å². The molecule has 1 aromatic heterocycles. The van der Waals surface area contributed by atoms with E-state index in [1.807, 2.05) is 12.4 Å². The summed E-state index contributed by atoms with van der Waals surface area (Å²) in [5, 5.41) is 14.2. The average Bonchev–Trinajstić information content (AvgIpc) is 3.22. The van der Waals surface area contributed by atoms with Crippen molar-refractivity contribution in [3.63, 3.8) is 0 Å². The second-order valence-corrected chi connectivity index (χ2v) is 6.71. The number of pyridine rings is 1. The normalized spacial score (nSPS) is 18.5. The number of alkyl halides is 6. The Bertz CT molecular complexity index is 741. The third-order valence-corrected chi connectivity index (χ3v) is 4.47. The number of aromatic nitrogens is 1. The zero-order valence-electron chi connectivity index (χ0n) is 16.9. The van der Waals surface area contributed by atoms with Crippen molar-refractivity contribution in [1.82, 2.24) is 9.88 Å². The summed E-state index contributed by atoms with van der Waals surface area (Å²) in [6.07, 6.45) is -3.94. The fourth-order valence-corrected chi connectivity index (χ4v) is 2.99. The molecule has 2 N–H and O–H groups in total. The first-order valence-corrected chi connectivity index (χ1v) is 9.13. The summed E-state index contributed by atoms with van der Waals surface area (Å²) >= 11 is 0. The summed E-state index contributed by atoms with van der Waals surface area (Å²) in [6, 6.07) is 0.601. The van der Waals surface area contributed by atoms with Gasteiger partial charge in [0.15, 0.2) is 0 Å². The summed E-state index contributed by atoms with van der Waals surface area (Å²) in [7, 11) is 1.74. The Balaban J connectivity index is 0.000000305. The Morgan fingerprint density at radius 3 is 2.16 bits per heavy atom. The van der Waals surface area contributed by atoms with E-state index in [0.717, 1.165) is 32.7 Å². The van der Waals surface area contributed by atoms with E-state index in [2.05, 4.69) is 9.88 Å². The van der Waals surface area contributed by atoms with Gasteiger partial charge < -0.3 is 19.7 Å². The van der Waals surface area contributed by atoms with Gasteiger partial charge in [0.25, 0.3) is 0 Å². The quantitative estimate of drug-likeness (QED) is 0.641. The maximum Gasteiger partial charge on any atom is 0.490 e. The van der Waals surface area contributed by atoms with Crippen molar-refractivity contribution in [3.05, 3.63) is 29.1 Å². The summed E-state index contributed by atoms with van der Waals surface area (Å²) in [5.41, 5.74) is 4.06. The van der Waals surface area contributed by atoms with E-state index in [1.54, 1.807) is 7.11 Å². The van der Waals surface area contributed by atoms with Gasteiger partial charge in [-0.25, -0.2) is 9.59 Å².